The first kappa shape index (κ1) is 18.1. The van der Waals surface area contributed by atoms with Crippen LogP contribution in [0.4, 0.5) is 4.39 Å². The molecule has 0 bridgehead atoms. The van der Waals surface area contributed by atoms with Crippen LogP contribution in [0, 0.1) is 5.82 Å². The molecule has 27 heavy (non-hydrogen) atoms. The van der Waals surface area contributed by atoms with E-state index < -0.39 is 0 Å². The summed E-state index contributed by atoms with van der Waals surface area (Å²) < 4.78 is 13.6. The molecule has 2 aromatic rings. The second-order valence-corrected chi connectivity index (χ2v) is 7.62. The normalized spacial score (nSPS) is 21.2. The lowest BCUT2D eigenvalue weighted by atomic mass is 9.85. The number of likely N-dealkylation sites (N-methyl/N-ethyl adjacent to an activating group) is 1. The molecule has 1 amide bonds. The van der Waals surface area contributed by atoms with Crippen molar-refractivity contribution in [1.82, 2.24) is 25.3 Å². The van der Waals surface area contributed by atoms with Crippen LogP contribution in [0.2, 0.25) is 0 Å². The summed E-state index contributed by atoms with van der Waals surface area (Å²) in [6, 6.07) is 6.56. The number of benzene rings is 1. The fourth-order valence-electron chi connectivity index (χ4n) is 4.33. The van der Waals surface area contributed by atoms with Gasteiger partial charge in [0.1, 0.15) is 11.4 Å². The van der Waals surface area contributed by atoms with E-state index in [4.69, 9.17) is 0 Å². The van der Waals surface area contributed by atoms with E-state index >= 15 is 0 Å². The lowest BCUT2D eigenvalue weighted by Gasteiger charge is -2.45. The topological polar surface area (TPSA) is 64.3 Å². The van der Waals surface area contributed by atoms with Crippen molar-refractivity contribution in [1.29, 1.82) is 0 Å². The molecule has 0 atom stereocenters. The van der Waals surface area contributed by atoms with Crippen molar-refractivity contribution in [3.63, 3.8) is 0 Å². The zero-order valence-electron chi connectivity index (χ0n) is 15.7. The van der Waals surface area contributed by atoms with E-state index in [1.165, 1.54) is 12.1 Å². The van der Waals surface area contributed by atoms with Gasteiger partial charge in [0.15, 0.2) is 0 Å². The maximum absolute atomic E-state index is 13.6. The Balaban J connectivity index is 1.46. The predicted molar refractivity (Wildman–Crippen MR) is 101 cm³/mol. The first-order valence-corrected chi connectivity index (χ1v) is 9.58. The summed E-state index contributed by atoms with van der Waals surface area (Å²) in [5.41, 5.74) is 2.34. The fraction of sp³-hybridized carbons (Fsp3) is 0.500. The van der Waals surface area contributed by atoms with Gasteiger partial charge in [0.25, 0.3) is 0 Å². The van der Waals surface area contributed by atoms with Crippen LogP contribution < -0.4 is 5.32 Å². The molecule has 2 saturated heterocycles. The van der Waals surface area contributed by atoms with Crippen molar-refractivity contribution >= 4 is 5.91 Å². The number of aromatic nitrogens is 2. The monoisotopic (exact) mass is 371 g/mol. The number of hydrogen-bond donors (Lipinski definition) is 2. The van der Waals surface area contributed by atoms with Crippen LogP contribution in [-0.4, -0.2) is 64.7 Å². The second-order valence-electron chi connectivity index (χ2n) is 7.62. The first-order chi connectivity index (χ1) is 13.1. The van der Waals surface area contributed by atoms with Crippen LogP contribution in [0.1, 0.15) is 24.8 Å². The minimum Gasteiger partial charge on any atom is -0.354 e. The molecule has 2 fully saturated rings. The lowest BCUT2D eigenvalue weighted by molar-refractivity contribution is -0.134. The Hall–Kier alpha value is -2.25. The van der Waals surface area contributed by atoms with Gasteiger partial charge in [-0.25, -0.2) is 4.39 Å². The molecule has 4 rings (SSSR count). The fourth-order valence-corrected chi connectivity index (χ4v) is 4.33. The quantitative estimate of drug-likeness (QED) is 0.866. The van der Waals surface area contributed by atoms with Gasteiger partial charge in [0.2, 0.25) is 5.91 Å². The number of piperidine rings is 1. The molecule has 2 aliphatic heterocycles. The number of hydrogen-bond acceptors (Lipinski definition) is 4. The molecule has 6 nitrogen and oxygen atoms in total. The SMILES string of the molecule is CN1CCCNC(=O)C12CCN(Cc1cn[nH]c1-c1cccc(F)c1)CC2. The molecule has 2 aliphatic rings. The zero-order chi connectivity index (χ0) is 18.9. The van der Waals surface area contributed by atoms with Gasteiger partial charge in [-0.15, -0.1) is 0 Å². The van der Waals surface area contributed by atoms with Gasteiger partial charge < -0.3 is 5.32 Å². The van der Waals surface area contributed by atoms with E-state index in [2.05, 4.69) is 32.4 Å². The number of H-pyrrole nitrogens is 1. The highest BCUT2D eigenvalue weighted by Crippen LogP contribution is 2.31. The summed E-state index contributed by atoms with van der Waals surface area (Å²) in [7, 11) is 2.07. The standard InChI is InChI=1S/C20H26FN5O/c1-25-9-3-8-22-19(27)20(25)6-10-26(11-7-20)14-16-13-23-24-18(16)15-4-2-5-17(21)12-15/h2,4-5,12-13H,3,6-11,14H2,1H3,(H,22,27)(H,23,24). The van der Waals surface area contributed by atoms with E-state index in [0.29, 0.717) is 0 Å². The number of halogens is 1. The molecule has 0 saturated carbocycles. The lowest BCUT2D eigenvalue weighted by Crippen LogP contribution is -2.60. The van der Waals surface area contributed by atoms with E-state index in [1.54, 1.807) is 6.07 Å². The largest absolute Gasteiger partial charge is 0.354 e. The highest BCUT2D eigenvalue weighted by atomic mass is 19.1. The summed E-state index contributed by atoms with van der Waals surface area (Å²) >= 11 is 0. The Morgan fingerprint density at radius 3 is 2.85 bits per heavy atom. The van der Waals surface area contributed by atoms with Crippen LogP contribution in [-0.2, 0) is 11.3 Å². The van der Waals surface area contributed by atoms with Gasteiger partial charge in [-0.2, -0.15) is 5.10 Å². The molecule has 1 aromatic carbocycles. The molecule has 144 valence electrons. The third-order valence-electron chi connectivity index (χ3n) is 6.02. The smallest absolute Gasteiger partial charge is 0.240 e. The van der Waals surface area contributed by atoms with Crippen LogP contribution in [0.5, 0.6) is 0 Å². The molecule has 1 spiro atoms. The van der Waals surface area contributed by atoms with Gasteiger partial charge in [-0.05, 0) is 38.4 Å². The van der Waals surface area contributed by atoms with Crippen LogP contribution in [0.25, 0.3) is 11.3 Å². The summed E-state index contributed by atoms with van der Waals surface area (Å²) in [6.45, 7) is 4.16. The average Bonchev–Trinajstić information content (AvgIpc) is 3.08. The summed E-state index contributed by atoms with van der Waals surface area (Å²) in [6.07, 6.45) is 4.46. The van der Waals surface area contributed by atoms with Crippen LogP contribution in [0.3, 0.4) is 0 Å². The molecule has 0 unspecified atom stereocenters. The van der Waals surface area contributed by atoms with Crippen molar-refractivity contribution < 1.29 is 9.18 Å². The maximum atomic E-state index is 13.6. The third-order valence-corrected chi connectivity index (χ3v) is 6.02. The molecule has 0 radical (unpaired) electrons. The van der Waals surface area contributed by atoms with E-state index in [-0.39, 0.29) is 17.3 Å². The second kappa shape index (κ2) is 7.40. The number of nitrogens with one attached hydrogen (secondary N) is 2. The molecule has 0 aliphatic carbocycles. The number of rotatable bonds is 3. The van der Waals surface area contributed by atoms with Gasteiger partial charge in [0.05, 0.1) is 11.9 Å². The molecule has 1 aromatic heterocycles. The summed E-state index contributed by atoms with van der Waals surface area (Å²) in [4.78, 5) is 17.3. The number of amides is 1. The molecular formula is C20H26FN5O. The Bertz CT molecular complexity index is 812. The molecule has 7 heteroatoms. The Morgan fingerprint density at radius 2 is 2.07 bits per heavy atom. The number of carbonyl (C=O) groups excluding carboxylic acids is 1. The number of likely N-dealkylation sites (tertiary alicyclic amines) is 1. The van der Waals surface area contributed by atoms with E-state index in [9.17, 15) is 9.18 Å². The zero-order valence-corrected chi connectivity index (χ0v) is 15.7. The highest BCUT2D eigenvalue weighted by molar-refractivity contribution is 5.86. The predicted octanol–water partition coefficient (Wildman–Crippen LogP) is 2.00. The van der Waals surface area contributed by atoms with Crippen molar-refractivity contribution in [2.24, 2.45) is 0 Å². The minimum absolute atomic E-state index is 0.172. The molecule has 3 heterocycles. The Labute approximate surface area is 158 Å². The van der Waals surface area contributed by atoms with Crippen molar-refractivity contribution in [2.45, 2.75) is 31.3 Å². The van der Waals surface area contributed by atoms with Crippen molar-refractivity contribution in [3.05, 3.63) is 41.8 Å². The molecule has 2 N–H and O–H groups in total. The number of nitrogens with zero attached hydrogens (tertiary/aromatic N) is 3. The van der Waals surface area contributed by atoms with Crippen LogP contribution in [0.15, 0.2) is 30.5 Å². The Kier molecular flexibility index (Phi) is 4.97. The van der Waals surface area contributed by atoms with Crippen molar-refractivity contribution in [2.75, 3.05) is 33.2 Å². The third kappa shape index (κ3) is 3.49. The molecular weight excluding hydrogens is 345 g/mol. The van der Waals surface area contributed by atoms with E-state index in [0.717, 1.165) is 68.8 Å². The van der Waals surface area contributed by atoms with Crippen molar-refractivity contribution in [3.8, 4) is 11.3 Å². The Morgan fingerprint density at radius 1 is 1.26 bits per heavy atom. The number of aromatic amines is 1. The average molecular weight is 371 g/mol. The van der Waals surface area contributed by atoms with Gasteiger partial charge >= 0.3 is 0 Å². The van der Waals surface area contributed by atoms with Gasteiger partial charge in [-0.1, -0.05) is 12.1 Å². The van der Waals surface area contributed by atoms with Crippen LogP contribution >= 0.6 is 0 Å². The van der Waals surface area contributed by atoms with E-state index in [1.807, 2.05) is 12.3 Å². The summed E-state index contributed by atoms with van der Waals surface area (Å²) in [5.74, 6) is -0.0821. The first-order valence-electron chi connectivity index (χ1n) is 9.58. The summed E-state index contributed by atoms with van der Waals surface area (Å²) in [5, 5.41) is 10.3. The highest BCUT2D eigenvalue weighted by Gasteiger charge is 2.45. The van der Waals surface area contributed by atoms with Gasteiger partial charge in [0, 0.05) is 43.9 Å². The number of carbonyl (C=O) groups is 1. The maximum Gasteiger partial charge on any atom is 0.240 e. The van der Waals surface area contributed by atoms with Gasteiger partial charge in [-0.3, -0.25) is 19.7 Å². The minimum atomic E-state index is -0.380.